The predicted molar refractivity (Wildman–Crippen MR) is 77.9 cm³/mol. The highest BCUT2D eigenvalue weighted by atomic mass is 16.6. The quantitative estimate of drug-likeness (QED) is 0.650. The summed E-state index contributed by atoms with van der Waals surface area (Å²) < 4.78 is 0. The van der Waals surface area contributed by atoms with Crippen molar-refractivity contribution >= 4 is 17.5 Å². The molecule has 2 N–H and O–H groups in total. The summed E-state index contributed by atoms with van der Waals surface area (Å²) in [6, 6.07) is 0.189. The Kier molecular flexibility index (Phi) is 4.06. The highest BCUT2D eigenvalue weighted by Crippen LogP contribution is 2.38. The van der Waals surface area contributed by atoms with E-state index in [0.717, 1.165) is 19.3 Å². The molecule has 0 aromatic carbocycles. The zero-order chi connectivity index (χ0) is 14.8. The van der Waals surface area contributed by atoms with Crippen molar-refractivity contribution in [2.75, 3.05) is 17.7 Å². The van der Waals surface area contributed by atoms with Crippen LogP contribution in [-0.2, 0) is 0 Å². The van der Waals surface area contributed by atoms with Crippen LogP contribution >= 0.6 is 0 Å². The lowest BCUT2D eigenvalue weighted by molar-refractivity contribution is -0.384. The average Bonchev–Trinajstić information content (AvgIpc) is 2.40. The van der Waals surface area contributed by atoms with Crippen molar-refractivity contribution in [3.63, 3.8) is 0 Å². The van der Waals surface area contributed by atoms with Gasteiger partial charge in [-0.15, -0.1) is 0 Å². The Morgan fingerprint density at radius 3 is 2.80 bits per heavy atom. The molecule has 110 valence electrons. The molecule has 7 nitrogen and oxygen atoms in total. The number of nitrogens with one attached hydrogen (secondary N) is 2. The van der Waals surface area contributed by atoms with E-state index >= 15 is 0 Å². The molecule has 0 saturated heterocycles. The van der Waals surface area contributed by atoms with E-state index in [1.165, 1.54) is 12.6 Å². The molecule has 0 aliphatic heterocycles. The first-order valence-corrected chi connectivity index (χ1v) is 6.90. The van der Waals surface area contributed by atoms with Crippen LogP contribution in [0.2, 0.25) is 0 Å². The first kappa shape index (κ1) is 14.5. The highest BCUT2D eigenvalue weighted by molar-refractivity contribution is 5.57. The van der Waals surface area contributed by atoms with E-state index in [9.17, 15) is 10.1 Å². The number of nitrogens with zero attached hydrogens (tertiary/aromatic N) is 3. The zero-order valence-electron chi connectivity index (χ0n) is 12.1. The van der Waals surface area contributed by atoms with Crippen LogP contribution in [0.5, 0.6) is 0 Å². The van der Waals surface area contributed by atoms with Gasteiger partial charge in [0.15, 0.2) is 0 Å². The van der Waals surface area contributed by atoms with Gasteiger partial charge in [0, 0.05) is 13.1 Å². The van der Waals surface area contributed by atoms with Gasteiger partial charge in [-0.05, 0) is 18.3 Å². The predicted octanol–water partition coefficient (Wildman–Crippen LogP) is 2.81. The Morgan fingerprint density at radius 1 is 1.45 bits per heavy atom. The molecule has 1 aromatic rings. The molecule has 2 rings (SSSR count). The topological polar surface area (TPSA) is 93.0 Å². The fraction of sp³-hybridized carbons (Fsp3) is 0.692. The number of anilines is 2. The number of hydrogen-bond donors (Lipinski definition) is 2. The van der Waals surface area contributed by atoms with Crippen LogP contribution in [0.3, 0.4) is 0 Å². The van der Waals surface area contributed by atoms with Crippen molar-refractivity contribution in [2.45, 2.75) is 45.6 Å². The monoisotopic (exact) mass is 279 g/mol. The van der Waals surface area contributed by atoms with E-state index in [0.29, 0.717) is 11.8 Å². The van der Waals surface area contributed by atoms with Gasteiger partial charge in [-0.3, -0.25) is 10.1 Å². The molecule has 1 aliphatic carbocycles. The van der Waals surface area contributed by atoms with Gasteiger partial charge in [-0.2, -0.15) is 4.98 Å². The maximum Gasteiger partial charge on any atom is 0.329 e. The maximum absolute atomic E-state index is 11.1. The molecule has 1 aliphatic rings. The zero-order valence-corrected chi connectivity index (χ0v) is 12.1. The fourth-order valence-corrected chi connectivity index (χ4v) is 2.66. The number of nitro groups is 1. The summed E-state index contributed by atoms with van der Waals surface area (Å²) in [5, 5.41) is 17.2. The molecule has 0 spiro atoms. The molecule has 1 unspecified atom stereocenters. The largest absolute Gasteiger partial charge is 0.361 e. The Balaban J connectivity index is 2.29. The van der Waals surface area contributed by atoms with Gasteiger partial charge in [0.1, 0.15) is 6.20 Å². The molecule has 20 heavy (non-hydrogen) atoms. The molecule has 1 aromatic heterocycles. The van der Waals surface area contributed by atoms with Crippen molar-refractivity contribution in [2.24, 2.45) is 5.41 Å². The van der Waals surface area contributed by atoms with Gasteiger partial charge >= 0.3 is 5.69 Å². The standard InChI is InChI=1S/C13H21N5O2/c1-13(2)7-5-4-6-10(13)16-11-9(18(19)20)8-15-12(14-3)17-11/h8,10H,4-7H2,1-3H3,(H2,14,15,16,17). The van der Waals surface area contributed by atoms with Crippen molar-refractivity contribution in [1.82, 2.24) is 9.97 Å². The molecular weight excluding hydrogens is 258 g/mol. The SMILES string of the molecule is CNc1ncc([N+](=O)[O-])c(NC2CCCCC2(C)C)n1. The minimum absolute atomic E-state index is 0.0784. The summed E-state index contributed by atoms with van der Waals surface area (Å²) >= 11 is 0. The summed E-state index contributed by atoms with van der Waals surface area (Å²) in [7, 11) is 1.69. The van der Waals surface area contributed by atoms with Gasteiger partial charge in [-0.25, -0.2) is 4.98 Å². The summed E-state index contributed by atoms with van der Waals surface area (Å²) in [6.07, 6.45) is 5.71. The molecule has 1 heterocycles. The lowest BCUT2D eigenvalue weighted by Gasteiger charge is -2.39. The smallest absolute Gasteiger partial charge is 0.329 e. The average molecular weight is 279 g/mol. The van der Waals surface area contributed by atoms with Gasteiger partial charge < -0.3 is 10.6 Å². The third kappa shape index (κ3) is 2.97. The second-order valence-electron chi connectivity index (χ2n) is 5.87. The normalized spacial score (nSPS) is 21.2. The molecule has 7 heteroatoms. The molecular formula is C13H21N5O2. The van der Waals surface area contributed by atoms with E-state index in [-0.39, 0.29) is 17.1 Å². The Bertz CT molecular complexity index is 504. The van der Waals surface area contributed by atoms with Crippen LogP contribution in [-0.4, -0.2) is 28.0 Å². The summed E-state index contributed by atoms with van der Waals surface area (Å²) in [5.41, 5.74) is 0.0297. The van der Waals surface area contributed by atoms with Crippen LogP contribution < -0.4 is 10.6 Å². The molecule has 1 fully saturated rings. The fourth-order valence-electron chi connectivity index (χ4n) is 2.66. The van der Waals surface area contributed by atoms with E-state index in [1.54, 1.807) is 7.05 Å². The van der Waals surface area contributed by atoms with Gasteiger partial charge in [0.05, 0.1) is 4.92 Å². The van der Waals surface area contributed by atoms with Crippen molar-refractivity contribution in [3.05, 3.63) is 16.3 Å². The Labute approximate surface area is 118 Å². The number of aromatic nitrogens is 2. The minimum Gasteiger partial charge on any atom is -0.361 e. The second kappa shape index (κ2) is 5.60. The Hall–Kier alpha value is -1.92. The lowest BCUT2D eigenvalue weighted by atomic mass is 9.73. The van der Waals surface area contributed by atoms with Gasteiger partial charge in [0.25, 0.3) is 0 Å². The molecule has 0 radical (unpaired) electrons. The third-order valence-corrected chi connectivity index (χ3v) is 4.01. The van der Waals surface area contributed by atoms with Gasteiger partial charge in [0.2, 0.25) is 11.8 Å². The van der Waals surface area contributed by atoms with E-state index in [1.807, 2.05) is 0 Å². The first-order chi connectivity index (χ1) is 9.44. The van der Waals surface area contributed by atoms with Crippen molar-refractivity contribution in [3.8, 4) is 0 Å². The van der Waals surface area contributed by atoms with Gasteiger partial charge in [-0.1, -0.05) is 26.7 Å². The molecule has 0 amide bonds. The molecule has 1 atom stereocenters. The summed E-state index contributed by atoms with van der Waals surface area (Å²) in [6.45, 7) is 4.38. The van der Waals surface area contributed by atoms with E-state index in [2.05, 4.69) is 34.4 Å². The van der Waals surface area contributed by atoms with Crippen LogP contribution in [0.15, 0.2) is 6.20 Å². The molecule has 0 bridgehead atoms. The van der Waals surface area contributed by atoms with E-state index < -0.39 is 4.92 Å². The van der Waals surface area contributed by atoms with Crippen LogP contribution in [0.25, 0.3) is 0 Å². The minimum atomic E-state index is -0.447. The number of rotatable bonds is 4. The first-order valence-electron chi connectivity index (χ1n) is 6.90. The number of hydrogen-bond acceptors (Lipinski definition) is 6. The van der Waals surface area contributed by atoms with Crippen molar-refractivity contribution in [1.29, 1.82) is 0 Å². The van der Waals surface area contributed by atoms with Crippen LogP contribution in [0, 0.1) is 15.5 Å². The highest BCUT2D eigenvalue weighted by Gasteiger charge is 2.34. The lowest BCUT2D eigenvalue weighted by Crippen LogP contribution is -2.39. The Morgan fingerprint density at radius 2 is 2.20 bits per heavy atom. The second-order valence-corrected chi connectivity index (χ2v) is 5.87. The van der Waals surface area contributed by atoms with Crippen LogP contribution in [0.4, 0.5) is 17.5 Å². The van der Waals surface area contributed by atoms with Crippen LogP contribution in [0.1, 0.15) is 39.5 Å². The molecule has 1 saturated carbocycles. The van der Waals surface area contributed by atoms with E-state index in [4.69, 9.17) is 0 Å². The van der Waals surface area contributed by atoms with Crippen molar-refractivity contribution < 1.29 is 4.92 Å². The summed E-state index contributed by atoms with van der Waals surface area (Å²) in [5.74, 6) is 0.682. The third-order valence-electron chi connectivity index (χ3n) is 4.01. The summed E-state index contributed by atoms with van der Waals surface area (Å²) in [4.78, 5) is 18.7. The maximum atomic E-state index is 11.1.